The first kappa shape index (κ1) is 70.8. The van der Waals surface area contributed by atoms with Crippen LogP contribution in [-0.2, 0) is 77.0 Å². The summed E-state index contributed by atoms with van der Waals surface area (Å²) in [4.78, 5) is 24.1. The Kier molecular flexibility index (Phi) is 49.0. The van der Waals surface area contributed by atoms with Crippen LogP contribution < -0.4 is 4.72 Å². The molecule has 1 N–H and O–H groups in total. The number of rotatable bonds is 14. The average Bonchev–Trinajstić information content (AvgIpc) is 3.82. The fourth-order valence-electron chi connectivity index (χ4n) is 4.82. The molecule has 2 aliphatic rings. The summed E-state index contributed by atoms with van der Waals surface area (Å²) in [6.07, 6.45) is 16.7. The molecule has 1 heterocycles. The summed E-state index contributed by atoms with van der Waals surface area (Å²) in [5.41, 5.74) is 1.12. The topological polar surface area (TPSA) is 102 Å². The van der Waals surface area contributed by atoms with Crippen LogP contribution in [0.5, 0.6) is 0 Å². The fraction of sp³-hybridized carbons (Fsp3) is 0.783. The summed E-state index contributed by atoms with van der Waals surface area (Å²) in [6.45, 7) is 34.5. The molecule has 1 fully saturated rings. The van der Waals surface area contributed by atoms with Gasteiger partial charge in [0.05, 0.1) is 23.8 Å². The number of fused-ring (bicyclic) bond motifs is 1. The Balaban J connectivity index is -0.000000152. The van der Waals surface area contributed by atoms with Gasteiger partial charge in [-0.05, 0) is 84.8 Å². The number of hydrogen-bond donors (Lipinski definition) is 1. The number of benzene rings is 1. The number of carbonyl (C=O) groups is 2. The van der Waals surface area contributed by atoms with Gasteiger partial charge in [0.15, 0.2) is 0 Å². The molecule has 1 aromatic carbocycles. The van der Waals surface area contributed by atoms with E-state index in [-0.39, 0.29) is 118 Å². The first-order valence-corrected chi connectivity index (χ1v) is 22.9. The van der Waals surface area contributed by atoms with Gasteiger partial charge < -0.3 is 22.3 Å². The molecule has 8 nitrogen and oxygen atoms in total. The van der Waals surface area contributed by atoms with Gasteiger partial charge in [0.25, 0.3) is 0 Å². The Morgan fingerprint density at radius 3 is 1.54 bits per heavy atom. The van der Waals surface area contributed by atoms with Crippen LogP contribution in [0.25, 0.3) is 0 Å². The summed E-state index contributed by atoms with van der Waals surface area (Å²) in [7, 11) is -2.94. The quantitative estimate of drug-likeness (QED) is 0.113. The second-order valence-electron chi connectivity index (χ2n) is 17.5. The zero-order valence-corrected chi connectivity index (χ0v) is 49.7. The minimum Gasteiger partial charge on any atom is -0.460 e. The number of carbonyl (C=O) groups excluding carboxylic acids is 2. The van der Waals surface area contributed by atoms with Gasteiger partial charge >= 0.3 is 12.1 Å². The maximum atomic E-state index is 13.4. The molecule has 0 bridgehead atoms. The summed E-state index contributed by atoms with van der Waals surface area (Å²) in [5.74, 6) is 1.39. The van der Waals surface area contributed by atoms with E-state index in [9.17, 15) is 22.4 Å². The number of hydrogen-bond acceptors (Lipinski definition) is 6. The van der Waals surface area contributed by atoms with Crippen LogP contribution >= 0.6 is 0 Å². The Hall–Kier alpha value is 0.125. The number of nitrogens with one attached hydrogen (secondary N) is 1. The van der Waals surface area contributed by atoms with Crippen LogP contribution in [0, 0.1) is 67.5 Å². The third kappa shape index (κ3) is 44.5. The van der Waals surface area contributed by atoms with Gasteiger partial charge in [-0.25, -0.2) is 22.3 Å². The van der Waals surface area contributed by atoms with E-state index in [2.05, 4.69) is 32.4 Å². The minimum atomic E-state index is -2.94. The third-order valence-corrected chi connectivity index (χ3v) is 9.72. The molecule has 1 aliphatic carbocycles. The Bertz CT molecular complexity index is 1240. The van der Waals surface area contributed by atoms with Crippen LogP contribution in [-0.4, -0.2) is 48.4 Å². The van der Waals surface area contributed by atoms with E-state index in [1.54, 1.807) is 19.9 Å². The SMILES string of the molecule is CC(C)C(=O)OC(C)(C)C.CC(C)CCCCCCCCC(C)C.CC(C)NS(=O)(=O)C1CC1.CC(C)OC(=O)N1Cc2cccc(F)c2C1.C[CH-]C.C[CH-]C.[U].[V].[W]. The first-order valence-electron chi connectivity index (χ1n) is 21.3. The summed E-state index contributed by atoms with van der Waals surface area (Å²) >= 11 is 0. The first-order chi connectivity index (χ1) is 25.9. The molecule has 1 amide bonds. The van der Waals surface area contributed by atoms with Crippen molar-refractivity contribution in [2.75, 3.05) is 0 Å². The molecule has 1 aromatic rings. The number of esters is 1. The van der Waals surface area contributed by atoms with Crippen molar-refractivity contribution in [1.29, 1.82) is 0 Å². The standard InChI is InChI=1S/C14H30.C12H14FNO2.C8H16O2.C6H13NO2S.2C3H7.U.V.W/c1-13(2)11-9-7-5-6-8-10-12-14(3)4;1-8(2)16-12(15)14-6-9-4-3-5-11(13)10(9)7-14;1-6(2)7(9)10-8(3,4)5;1-5(2)7-10(8,9)6-3-4-6;2*1-3-2;;;/h13-14H,5-12H2,1-4H3;3-5,8H,6-7H2,1-2H3;6H,1-5H3;5-7H,3-4H2,1-2H3;2*3H,1-2H3;;;/q;;;;2*-1;;;. The summed E-state index contributed by atoms with van der Waals surface area (Å²) in [6, 6.07) is 4.94. The smallest absolute Gasteiger partial charge is 0.410 e. The van der Waals surface area contributed by atoms with Crippen molar-refractivity contribution in [3.05, 3.63) is 48.0 Å². The maximum Gasteiger partial charge on any atom is 0.410 e. The van der Waals surface area contributed by atoms with E-state index in [0.717, 1.165) is 30.2 Å². The summed E-state index contributed by atoms with van der Waals surface area (Å²) < 4.78 is 48.3. The van der Waals surface area contributed by atoms with Crippen LogP contribution in [0.2, 0.25) is 0 Å². The monoisotopic (exact) mass is 1290 g/mol. The molecule has 1 saturated carbocycles. The minimum absolute atomic E-state index is 0. The van der Waals surface area contributed by atoms with Crippen molar-refractivity contribution >= 4 is 22.1 Å². The molecule has 347 valence electrons. The molecule has 0 aromatic heterocycles. The van der Waals surface area contributed by atoms with Crippen LogP contribution in [0.1, 0.15) is 193 Å². The maximum absolute atomic E-state index is 13.4. The number of nitrogens with zero attached hydrogens (tertiary/aromatic N) is 1. The van der Waals surface area contributed by atoms with Gasteiger partial charge in [0.2, 0.25) is 10.0 Å². The molecule has 1 aliphatic heterocycles. The third-order valence-electron chi connectivity index (χ3n) is 7.58. The van der Waals surface area contributed by atoms with Crippen molar-refractivity contribution < 1.29 is 103 Å². The van der Waals surface area contributed by atoms with E-state index < -0.39 is 10.0 Å². The molecule has 0 unspecified atom stereocenters. The van der Waals surface area contributed by atoms with Gasteiger partial charge in [-0.1, -0.05) is 105 Å². The van der Waals surface area contributed by atoms with Gasteiger partial charge in [-0.15, -0.1) is 0 Å². The molecule has 3 rings (SSSR count). The van der Waals surface area contributed by atoms with Crippen molar-refractivity contribution in [3.8, 4) is 0 Å². The molecule has 13 heteroatoms. The second kappa shape index (κ2) is 40.9. The van der Waals surface area contributed by atoms with E-state index in [1.165, 1.54) is 62.3 Å². The Labute approximate surface area is 414 Å². The van der Waals surface area contributed by atoms with Crippen LogP contribution in [0.3, 0.4) is 0 Å². The van der Waals surface area contributed by atoms with Gasteiger partial charge in [-0.3, -0.25) is 9.69 Å². The largest absolute Gasteiger partial charge is 0.460 e. The second-order valence-corrected chi connectivity index (χ2v) is 19.5. The summed E-state index contributed by atoms with van der Waals surface area (Å²) in [5, 5.41) is -0.0881. The van der Waals surface area contributed by atoms with Gasteiger partial charge in [-0.2, -0.15) is 27.7 Å². The molecular formula is C46H87FN2O6SUVW-2. The van der Waals surface area contributed by atoms with Crippen LogP contribution in [0.4, 0.5) is 9.18 Å². The average molecular weight is 1290 g/mol. The molecular weight excluding hydrogens is 1200 g/mol. The zero-order valence-electron chi connectivity index (χ0n) is 40.4. The number of sulfonamides is 1. The predicted octanol–water partition coefficient (Wildman–Crippen LogP) is 13.0. The van der Waals surface area contributed by atoms with Crippen LogP contribution in [0.15, 0.2) is 18.2 Å². The van der Waals surface area contributed by atoms with Crippen molar-refractivity contribution in [3.63, 3.8) is 0 Å². The molecule has 0 atom stereocenters. The number of ether oxygens (including phenoxy) is 2. The number of unbranched alkanes of at least 4 members (excludes halogenated alkanes) is 5. The molecule has 0 spiro atoms. The van der Waals surface area contributed by atoms with Crippen molar-refractivity contribution in [2.24, 2.45) is 17.8 Å². The van der Waals surface area contributed by atoms with Gasteiger partial charge in [0, 0.05) is 88.9 Å². The zero-order chi connectivity index (χ0) is 44.1. The fourth-order valence-corrected chi connectivity index (χ4v) is 6.43. The van der Waals surface area contributed by atoms with Crippen molar-refractivity contribution in [1.82, 2.24) is 9.62 Å². The van der Waals surface area contributed by atoms with Crippen molar-refractivity contribution in [2.45, 2.75) is 218 Å². The van der Waals surface area contributed by atoms with Gasteiger partial charge in [0.1, 0.15) is 11.4 Å². The predicted molar refractivity (Wildman–Crippen MR) is 236 cm³/mol. The Morgan fingerprint density at radius 2 is 1.24 bits per heavy atom. The van der Waals surface area contributed by atoms with E-state index in [1.807, 2.05) is 95.1 Å². The number of halogens is 1. The molecule has 59 heavy (non-hydrogen) atoms. The Morgan fingerprint density at radius 1 is 0.814 bits per heavy atom. The number of amides is 1. The molecule has 1 radical (unpaired) electrons. The van der Waals surface area contributed by atoms with E-state index in [0.29, 0.717) is 18.7 Å². The normalized spacial score (nSPS) is 12.6. The van der Waals surface area contributed by atoms with E-state index in [4.69, 9.17) is 9.47 Å². The molecule has 0 saturated heterocycles. The van der Waals surface area contributed by atoms with E-state index >= 15 is 0 Å².